The van der Waals surface area contributed by atoms with Crippen molar-refractivity contribution in [2.75, 3.05) is 19.0 Å². The van der Waals surface area contributed by atoms with Crippen molar-refractivity contribution in [3.05, 3.63) is 48.5 Å². The molecule has 10 nitrogen and oxygen atoms in total. The maximum atomic E-state index is 12.7. The normalized spacial score (nSPS) is 23.1. The monoisotopic (exact) mass is 499 g/mol. The van der Waals surface area contributed by atoms with E-state index in [1.807, 2.05) is 6.07 Å². The first kappa shape index (κ1) is 25.4. The Balaban J connectivity index is 1.70. The van der Waals surface area contributed by atoms with E-state index >= 15 is 0 Å². The summed E-state index contributed by atoms with van der Waals surface area (Å²) in [6, 6.07) is 8.88. The van der Waals surface area contributed by atoms with Crippen molar-refractivity contribution in [2.24, 2.45) is 0 Å². The van der Waals surface area contributed by atoms with Crippen molar-refractivity contribution >= 4 is 31.2 Å². The molecular formula is C24H33N5O5Si. The molecule has 35 heavy (non-hydrogen) atoms. The Labute approximate surface area is 205 Å². The number of hydrogen-bond acceptors (Lipinski definition) is 8. The molecule has 0 spiro atoms. The van der Waals surface area contributed by atoms with Crippen LogP contribution in [-0.2, 0) is 13.9 Å². The van der Waals surface area contributed by atoms with Gasteiger partial charge in [-0.25, -0.2) is 15.0 Å². The fraction of sp³-hybridized carbons (Fsp3) is 0.500. The number of benzene rings is 1. The number of fused-ring (bicyclic) bond motifs is 1. The van der Waals surface area contributed by atoms with E-state index in [0.717, 1.165) is 0 Å². The molecule has 1 amide bonds. The van der Waals surface area contributed by atoms with Crippen molar-refractivity contribution in [1.29, 1.82) is 0 Å². The molecule has 0 radical (unpaired) electrons. The zero-order chi connectivity index (χ0) is 25.4. The van der Waals surface area contributed by atoms with E-state index in [1.54, 1.807) is 42.3 Å². The average molecular weight is 500 g/mol. The zero-order valence-corrected chi connectivity index (χ0v) is 21.9. The van der Waals surface area contributed by atoms with Crippen molar-refractivity contribution < 1.29 is 23.8 Å². The van der Waals surface area contributed by atoms with Gasteiger partial charge in [0.25, 0.3) is 5.91 Å². The van der Waals surface area contributed by atoms with Crippen LogP contribution in [0.3, 0.4) is 0 Å². The lowest BCUT2D eigenvalue weighted by atomic mass is 10.1. The Morgan fingerprint density at radius 2 is 1.89 bits per heavy atom. The second kappa shape index (κ2) is 9.74. The summed E-state index contributed by atoms with van der Waals surface area (Å²) < 4.78 is 20.5. The summed E-state index contributed by atoms with van der Waals surface area (Å²) in [7, 11) is -0.638. The molecule has 188 valence electrons. The largest absolute Gasteiger partial charge is 0.407 e. The Kier molecular flexibility index (Phi) is 7.07. The predicted octanol–water partition coefficient (Wildman–Crippen LogP) is 3.37. The fourth-order valence-electron chi connectivity index (χ4n) is 3.91. The van der Waals surface area contributed by atoms with Crippen LogP contribution in [0, 0.1) is 0 Å². The number of aromatic nitrogens is 4. The van der Waals surface area contributed by atoms with Gasteiger partial charge in [-0.1, -0.05) is 39.0 Å². The van der Waals surface area contributed by atoms with Crippen LogP contribution in [0.1, 0.15) is 37.4 Å². The van der Waals surface area contributed by atoms with Gasteiger partial charge in [-0.05, 0) is 30.3 Å². The molecule has 2 N–H and O–H groups in total. The number of aliphatic hydroxyl groups excluding tert-OH is 1. The van der Waals surface area contributed by atoms with Gasteiger partial charge in [0.15, 0.2) is 31.5 Å². The SMILES string of the molecule is COC1C(CO)OC(n2cnc3c(NC(=O)c4ccccc4)ncnc32)C1O[Si](C)(C)C(C)(C)C. The molecule has 3 heterocycles. The predicted molar refractivity (Wildman–Crippen MR) is 134 cm³/mol. The molecule has 1 fully saturated rings. The van der Waals surface area contributed by atoms with E-state index in [4.69, 9.17) is 13.9 Å². The summed E-state index contributed by atoms with van der Waals surface area (Å²) in [5.74, 6) is 0.000610. The minimum absolute atomic E-state index is 0.0405. The Bertz CT molecular complexity index is 1180. The van der Waals surface area contributed by atoms with Gasteiger partial charge in [-0.2, -0.15) is 0 Å². The van der Waals surface area contributed by atoms with E-state index in [0.29, 0.717) is 22.5 Å². The standard InChI is InChI=1S/C24H33N5O5Si/c1-24(2,3)35(5,6)34-19-18(32-4)16(12-30)33-23(19)29-14-27-17-20(25-13-26-21(17)29)28-22(31)15-10-8-7-9-11-15/h7-11,13-14,16,18-19,23,30H,12H2,1-6H3,(H,25,26,28,31). The number of amides is 1. The van der Waals surface area contributed by atoms with Crippen molar-refractivity contribution in [3.63, 3.8) is 0 Å². The highest BCUT2D eigenvalue weighted by Crippen LogP contribution is 2.43. The number of anilines is 1. The molecule has 1 aromatic carbocycles. The van der Waals surface area contributed by atoms with Gasteiger partial charge in [0.2, 0.25) is 0 Å². The Hall–Kier alpha value is -2.70. The van der Waals surface area contributed by atoms with Crippen LogP contribution in [0.25, 0.3) is 11.2 Å². The van der Waals surface area contributed by atoms with E-state index in [-0.39, 0.29) is 17.6 Å². The lowest BCUT2D eigenvalue weighted by molar-refractivity contribution is -0.0530. The first-order valence-corrected chi connectivity index (χ1v) is 14.5. The van der Waals surface area contributed by atoms with Crippen molar-refractivity contribution in [3.8, 4) is 0 Å². The minimum Gasteiger partial charge on any atom is -0.407 e. The molecule has 1 saturated heterocycles. The smallest absolute Gasteiger partial charge is 0.256 e. The molecule has 0 aliphatic carbocycles. The third kappa shape index (κ3) is 4.87. The van der Waals surface area contributed by atoms with E-state index in [2.05, 4.69) is 54.1 Å². The molecule has 4 atom stereocenters. The number of carbonyl (C=O) groups excluding carboxylic acids is 1. The summed E-state index contributed by atoms with van der Waals surface area (Å²) in [5, 5.41) is 12.8. The van der Waals surface area contributed by atoms with Gasteiger partial charge in [0.05, 0.1) is 12.9 Å². The third-order valence-electron chi connectivity index (χ3n) is 6.88. The summed E-state index contributed by atoms with van der Waals surface area (Å²) in [6.45, 7) is 10.6. The summed E-state index contributed by atoms with van der Waals surface area (Å²) in [6.07, 6.45) is 0.789. The molecule has 0 saturated carbocycles. The first-order chi connectivity index (χ1) is 16.6. The van der Waals surface area contributed by atoms with Crippen LogP contribution in [0.15, 0.2) is 43.0 Å². The highest BCUT2D eigenvalue weighted by molar-refractivity contribution is 6.74. The zero-order valence-electron chi connectivity index (χ0n) is 20.9. The summed E-state index contributed by atoms with van der Waals surface area (Å²) in [5.41, 5.74) is 1.41. The average Bonchev–Trinajstić information content (AvgIpc) is 3.40. The minimum atomic E-state index is -2.23. The molecular weight excluding hydrogens is 466 g/mol. The van der Waals surface area contributed by atoms with Gasteiger partial charge in [0.1, 0.15) is 24.6 Å². The molecule has 1 aliphatic rings. The number of hydrogen-bond donors (Lipinski definition) is 2. The number of nitrogens with one attached hydrogen (secondary N) is 1. The number of rotatable bonds is 7. The van der Waals surface area contributed by atoms with Crippen LogP contribution in [0.4, 0.5) is 5.82 Å². The van der Waals surface area contributed by atoms with Crippen LogP contribution >= 0.6 is 0 Å². The molecule has 3 aromatic rings. The first-order valence-electron chi connectivity index (χ1n) is 11.6. The van der Waals surface area contributed by atoms with Crippen LogP contribution < -0.4 is 5.32 Å². The van der Waals surface area contributed by atoms with Gasteiger partial charge >= 0.3 is 0 Å². The highest BCUT2D eigenvalue weighted by Gasteiger charge is 2.51. The van der Waals surface area contributed by atoms with Gasteiger partial charge in [-0.3, -0.25) is 9.36 Å². The van der Waals surface area contributed by atoms with Crippen LogP contribution in [-0.4, -0.2) is 70.9 Å². The quantitative estimate of drug-likeness (QED) is 0.475. The van der Waals surface area contributed by atoms with Crippen molar-refractivity contribution in [2.45, 2.75) is 63.4 Å². The number of imidazole rings is 1. The number of methoxy groups -OCH3 is 1. The van der Waals surface area contributed by atoms with E-state index in [9.17, 15) is 9.90 Å². The van der Waals surface area contributed by atoms with Gasteiger partial charge < -0.3 is 24.3 Å². The summed E-state index contributed by atoms with van der Waals surface area (Å²) in [4.78, 5) is 25.8. The maximum Gasteiger partial charge on any atom is 0.256 e. The number of nitrogens with zero attached hydrogens (tertiary/aromatic N) is 4. The lowest BCUT2D eigenvalue weighted by Gasteiger charge is -2.40. The van der Waals surface area contributed by atoms with Gasteiger partial charge in [0, 0.05) is 12.7 Å². The van der Waals surface area contributed by atoms with E-state index < -0.39 is 32.9 Å². The number of ether oxygens (including phenoxy) is 2. The second-order valence-corrected chi connectivity index (χ2v) is 14.9. The number of aliphatic hydroxyl groups is 1. The van der Waals surface area contributed by atoms with E-state index in [1.165, 1.54) is 6.33 Å². The third-order valence-corrected chi connectivity index (χ3v) is 11.3. The molecule has 4 unspecified atom stereocenters. The molecule has 4 rings (SSSR count). The Morgan fingerprint density at radius 1 is 1.17 bits per heavy atom. The molecule has 0 bridgehead atoms. The van der Waals surface area contributed by atoms with Crippen LogP contribution in [0.2, 0.25) is 18.1 Å². The maximum absolute atomic E-state index is 12.7. The van der Waals surface area contributed by atoms with Gasteiger partial charge in [-0.15, -0.1) is 0 Å². The molecule has 2 aromatic heterocycles. The topological polar surface area (TPSA) is 121 Å². The molecule has 11 heteroatoms. The summed E-state index contributed by atoms with van der Waals surface area (Å²) >= 11 is 0. The highest BCUT2D eigenvalue weighted by atomic mass is 28.4. The second-order valence-electron chi connectivity index (χ2n) is 10.2. The molecule has 1 aliphatic heterocycles. The lowest BCUT2D eigenvalue weighted by Crippen LogP contribution is -2.49. The van der Waals surface area contributed by atoms with Crippen LogP contribution in [0.5, 0.6) is 0 Å². The fourth-order valence-corrected chi connectivity index (χ4v) is 5.19. The Morgan fingerprint density at radius 3 is 2.51 bits per heavy atom. The van der Waals surface area contributed by atoms with Crippen molar-refractivity contribution in [1.82, 2.24) is 19.5 Å². The number of carbonyl (C=O) groups is 1.